The van der Waals surface area contributed by atoms with Gasteiger partial charge in [-0.1, -0.05) is 42.5 Å². The molecule has 3 aliphatic rings. The summed E-state index contributed by atoms with van der Waals surface area (Å²) in [5.74, 6) is 0.877. The molecule has 1 spiro atoms. The number of carbonyl (C=O) groups is 1. The third kappa shape index (κ3) is 3.37. The molecule has 1 fully saturated rings. The lowest BCUT2D eigenvalue weighted by atomic mass is 9.59. The van der Waals surface area contributed by atoms with Crippen molar-refractivity contribution in [3.05, 3.63) is 94.5 Å². The lowest BCUT2D eigenvalue weighted by Crippen LogP contribution is -2.37. The highest BCUT2D eigenvalue weighted by Gasteiger charge is 2.48. The molecule has 3 aromatic carbocycles. The summed E-state index contributed by atoms with van der Waals surface area (Å²) in [6.45, 7) is 1.90. The second-order valence-corrected chi connectivity index (χ2v) is 10.2. The molecule has 2 aliphatic carbocycles. The molecule has 2 atom stereocenters. The molecule has 1 heterocycles. The maximum absolute atomic E-state index is 11.1. The predicted molar refractivity (Wildman–Crippen MR) is 132 cm³/mol. The number of aldehydes is 1. The van der Waals surface area contributed by atoms with Crippen molar-refractivity contribution in [2.24, 2.45) is 5.92 Å². The zero-order chi connectivity index (χ0) is 22.4. The normalized spacial score (nSPS) is 24.5. The Kier molecular flexibility index (Phi) is 5.01. The van der Waals surface area contributed by atoms with E-state index in [2.05, 4.69) is 59.5 Å². The van der Waals surface area contributed by atoms with Crippen molar-refractivity contribution < 1.29 is 9.90 Å². The molecule has 0 saturated carbocycles. The molecule has 3 nitrogen and oxygen atoms in total. The van der Waals surface area contributed by atoms with Gasteiger partial charge in [0.15, 0.2) is 0 Å². The van der Waals surface area contributed by atoms with Crippen LogP contribution in [-0.2, 0) is 23.1 Å². The number of hydrogen-bond donors (Lipinski definition) is 1. The molecule has 1 aliphatic heterocycles. The standard InChI is InChI=1S/C30H31NO2/c32-20-21-13-17-31(18-14-21)25-7-5-23(6-8-25)29-27-10-9-26(33)19-24(27)12-16-30(29)15-11-22-3-1-2-4-28(22)30/h1-10,19-21,29,33H,11-18H2/t29-,30+/m0/s1. The lowest BCUT2D eigenvalue weighted by Gasteiger charge is -2.44. The van der Waals surface area contributed by atoms with Crippen molar-refractivity contribution in [3.8, 4) is 5.75 Å². The summed E-state index contributed by atoms with van der Waals surface area (Å²) in [5.41, 5.74) is 8.42. The summed E-state index contributed by atoms with van der Waals surface area (Å²) >= 11 is 0. The molecule has 0 aromatic heterocycles. The fraction of sp³-hybridized carbons (Fsp3) is 0.367. The van der Waals surface area contributed by atoms with Crippen LogP contribution in [0.4, 0.5) is 5.69 Å². The van der Waals surface area contributed by atoms with E-state index in [0.717, 1.165) is 51.5 Å². The zero-order valence-corrected chi connectivity index (χ0v) is 19.0. The Morgan fingerprint density at radius 3 is 2.36 bits per heavy atom. The van der Waals surface area contributed by atoms with E-state index in [1.165, 1.54) is 39.9 Å². The van der Waals surface area contributed by atoms with Crippen molar-refractivity contribution >= 4 is 12.0 Å². The number of piperidine rings is 1. The number of aromatic hydroxyl groups is 1. The van der Waals surface area contributed by atoms with Crippen LogP contribution in [0.1, 0.15) is 59.4 Å². The number of phenols is 1. The number of hydrogen-bond acceptors (Lipinski definition) is 3. The first-order chi connectivity index (χ1) is 16.2. The highest BCUT2D eigenvalue weighted by molar-refractivity contribution is 5.58. The number of fused-ring (bicyclic) bond motifs is 3. The van der Waals surface area contributed by atoms with Gasteiger partial charge in [0.1, 0.15) is 12.0 Å². The quantitative estimate of drug-likeness (QED) is 0.529. The molecule has 168 valence electrons. The lowest BCUT2D eigenvalue weighted by molar-refractivity contribution is -0.111. The van der Waals surface area contributed by atoms with E-state index in [1.54, 1.807) is 0 Å². The van der Waals surface area contributed by atoms with Gasteiger partial charge in [0.25, 0.3) is 0 Å². The van der Waals surface area contributed by atoms with Crippen molar-refractivity contribution in [2.45, 2.75) is 49.9 Å². The van der Waals surface area contributed by atoms with Crippen LogP contribution in [0.15, 0.2) is 66.7 Å². The average Bonchev–Trinajstić information content (AvgIpc) is 3.23. The van der Waals surface area contributed by atoms with Crippen molar-refractivity contribution in [1.29, 1.82) is 0 Å². The molecule has 3 heteroatoms. The summed E-state index contributed by atoms with van der Waals surface area (Å²) < 4.78 is 0. The summed E-state index contributed by atoms with van der Waals surface area (Å²) in [4.78, 5) is 13.5. The molecule has 0 unspecified atom stereocenters. The predicted octanol–water partition coefficient (Wildman–Crippen LogP) is 5.77. The molecule has 1 saturated heterocycles. The Morgan fingerprint density at radius 1 is 0.879 bits per heavy atom. The van der Waals surface area contributed by atoms with Crippen LogP contribution >= 0.6 is 0 Å². The topological polar surface area (TPSA) is 40.5 Å². The van der Waals surface area contributed by atoms with Gasteiger partial charge < -0.3 is 14.8 Å². The minimum Gasteiger partial charge on any atom is -0.508 e. The van der Waals surface area contributed by atoms with Gasteiger partial charge in [-0.05, 0) is 90.6 Å². The number of rotatable bonds is 3. The molecule has 33 heavy (non-hydrogen) atoms. The van der Waals surface area contributed by atoms with Crippen molar-refractivity contribution in [2.75, 3.05) is 18.0 Å². The summed E-state index contributed by atoms with van der Waals surface area (Å²) in [7, 11) is 0. The summed E-state index contributed by atoms with van der Waals surface area (Å²) in [6, 6.07) is 24.2. The third-order valence-electron chi connectivity index (χ3n) is 8.55. The number of aryl methyl sites for hydroxylation is 2. The Labute approximate surface area is 196 Å². The highest BCUT2D eigenvalue weighted by Crippen LogP contribution is 2.57. The Hall–Kier alpha value is -3.07. The number of carbonyl (C=O) groups excluding carboxylic acids is 1. The van der Waals surface area contributed by atoms with E-state index in [9.17, 15) is 9.90 Å². The molecular weight excluding hydrogens is 406 g/mol. The molecule has 0 bridgehead atoms. The molecule has 0 amide bonds. The van der Waals surface area contributed by atoms with Gasteiger partial charge in [-0.3, -0.25) is 0 Å². The smallest absolute Gasteiger partial charge is 0.123 e. The molecule has 3 aromatic rings. The largest absolute Gasteiger partial charge is 0.508 e. The Balaban J connectivity index is 1.40. The maximum atomic E-state index is 11.1. The minimum atomic E-state index is 0.115. The second-order valence-electron chi connectivity index (χ2n) is 10.2. The number of phenolic OH excluding ortho intramolecular Hbond substituents is 1. The van der Waals surface area contributed by atoms with E-state index in [0.29, 0.717) is 11.7 Å². The molecular formula is C30H31NO2. The summed E-state index contributed by atoms with van der Waals surface area (Å²) in [6.07, 6.45) is 7.47. The Bertz CT molecular complexity index is 1180. The number of anilines is 1. The van der Waals surface area contributed by atoms with Gasteiger partial charge in [-0.2, -0.15) is 0 Å². The van der Waals surface area contributed by atoms with Crippen LogP contribution < -0.4 is 4.90 Å². The summed E-state index contributed by atoms with van der Waals surface area (Å²) in [5, 5.41) is 10.1. The third-order valence-corrected chi connectivity index (χ3v) is 8.55. The van der Waals surface area contributed by atoms with E-state index in [-0.39, 0.29) is 11.3 Å². The van der Waals surface area contributed by atoms with Crippen molar-refractivity contribution in [3.63, 3.8) is 0 Å². The first kappa shape index (κ1) is 20.5. The number of nitrogens with zero attached hydrogens (tertiary/aromatic N) is 1. The maximum Gasteiger partial charge on any atom is 0.123 e. The van der Waals surface area contributed by atoms with E-state index >= 15 is 0 Å². The Morgan fingerprint density at radius 2 is 1.61 bits per heavy atom. The van der Waals surface area contributed by atoms with Gasteiger partial charge >= 0.3 is 0 Å². The van der Waals surface area contributed by atoms with E-state index < -0.39 is 0 Å². The van der Waals surface area contributed by atoms with Crippen LogP contribution in [0, 0.1) is 5.92 Å². The van der Waals surface area contributed by atoms with Crippen LogP contribution in [0.3, 0.4) is 0 Å². The van der Waals surface area contributed by atoms with Crippen LogP contribution in [-0.4, -0.2) is 24.5 Å². The minimum absolute atomic E-state index is 0.115. The van der Waals surface area contributed by atoms with Crippen molar-refractivity contribution in [1.82, 2.24) is 0 Å². The van der Waals surface area contributed by atoms with Gasteiger partial charge in [0, 0.05) is 36.0 Å². The number of benzene rings is 3. The average molecular weight is 438 g/mol. The fourth-order valence-corrected chi connectivity index (χ4v) is 6.84. The van der Waals surface area contributed by atoms with Crippen LogP contribution in [0.2, 0.25) is 0 Å². The molecule has 1 N–H and O–H groups in total. The second kappa shape index (κ2) is 8.06. The first-order valence-corrected chi connectivity index (χ1v) is 12.4. The van der Waals surface area contributed by atoms with E-state index in [1.807, 2.05) is 12.1 Å². The van der Waals surface area contributed by atoms with Crippen LogP contribution in [0.25, 0.3) is 0 Å². The zero-order valence-electron chi connectivity index (χ0n) is 19.0. The van der Waals surface area contributed by atoms with Gasteiger partial charge in [-0.15, -0.1) is 0 Å². The highest BCUT2D eigenvalue weighted by atomic mass is 16.3. The SMILES string of the molecule is O=CC1CCN(c2ccc([C@H]3c4ccc(O)cc4CC[C@@]34CCc3ccccc34)cc2)CC1. The van der Waals surface area contributed by atoms with E-state index in [4.69, 9.17) is 0 Å². The monoisotopic (exact) mass is 437 g/mol. The fourth-order valence-electron chi connectivity index (χ4n) is 6.84. The molecule has 6 rings (SSSR count). The van der Waals surface area contributed by atoms with Gasteiger partial charge in [-0.25, -0.2) is 0 Å². The van der Waals surface area contributed by atoms with Gasteiger partial charge in [0.05, 0.1) is 0 Å². The van der Waals surface area contributed by atoms with Gasteiger partial charge in [0.2, 0.25) is 0 Å². The molecule has 0 radical (unpaired) electrons. The van der Waals surface area contributed by atoms with Crippen LogP contribution in [0.5, 0.6) is 5.75 Å². The first-order valence-electron chi connectivity index (χ1n) is 12.4.